The van der Waals surface area contributed by atoms with Crippen molar-refractivity contribution in [1.82, 2.24) is 20.3 Å². The van der Waals surface area contributed by atoms with Gasteiger partial charge >= 0.3 is 0 Å². The molecule has 3 heterocycles. The van der Waals surface area contributed by atoms with Gasteiger partial charge in [0.2, 0.25) is 0 Å². The molecule has 4 nitrogen and oxygen atoms in total. The van der Waals surface area contributed by atoms with Gasteiger partial charge in [-0.1, -0.05) is 6.92 Å². The van der Waals surface area contributed by atoms with E-state index in [1.165, 1.54) is 0 Å². The average Bonchev–Trinajstić information content (AvgIpc) is 2.82. The van der Waals surface area contributed by atoms with Crippen molar-refractivity contribution >= 4 is 11.2 Å². The Morgan fingerprint density at radius 2 is 2.12 bits per heavy atom. The van der Waals surface area contributed by atoms with Crippen molar-refractivity contribution in [3.63, 3.8) is 0 Å². The highest BCUT2D eigenvalue weighted by Gasteiger charge is 2.27. The summed E-state index contributed by atoms with van der Waals surface area (Å²) in [6.45, 7) is 6.35. The summed E-state index contributed by atoms with van der Waals surface area (Å²) in [7, 11) is 0. The Balaban J connectivity index is 2.04. The van der Waals surface area contributed by atoms with Crippen LogP contribution in [0.1, 0.15) is 24.4 Å². The number of fused-ring (bicyclic) bond motifs is 1. The molecule has 0 aliphatic carbocycles. The molecule has 0 spiro atoms. The maximum atomic E-state index is 4.60. The lowest BCUT2D eigenvalue weighted by Gasteiger charge is -2.09. The number of hydrogen-bond acceptors (Lipinski definition) is 3. The van der Waals surface area contributed by atoms with Gasteiger partial charge in [0.05, 0.1) is 5.52 Å². The van der Waals surface area contributed by atoms with Gasteiger partial charge in [-0.3, -0.25) is 0 Å². The van der Waals surface area contributed by atoms with Crippen molar-refractivity contribution < 1.29 is 0 Å². The molecule has 84 valence electrons. The van der Waals surface area contributed by atoms with Crippen molar-refractivity contribution in [2.75, 3.05) is 13.1 Å². The van der Waals surface area contributed by atoms with Crippen LogP contribution < -0.4 is 5.32 Å². The first-order chi connectivity index (χ1) is 7.74. The van der Waals surface area contributed by atoms with Crippen LogP contribution in [-0.2, 0) is 0 Å². The molecule has 3 rings (SSSR count). The van der Waals surface area contributed by atoms with Crippen LogP contribution in [-0.4, -0.2) is 28.0 Å². The highest BCUT2D eigenvalue weighted by Crippen LogP contribution is 2.26. The van der Waals surface area contributed by atoms with Gasteiger partial charge in [0.15, 0.2) is 5.65 Å². The molecule has 2 aromatic heterocycles. The first-order valence-electron chi connectivity index (χ1n) is 5.78. The molecule has 1 fully saturated rings. The number of imidazole rings is 1. The number of aryl methyl sites for hydroxylation is 1. The highest BCUT2D eigenvalue weighted by molar-refractivity contribution is 5.70. The van der Waals surface area contributed by atoms with Gasteiger partial charge < -0.3 is 10.3 Å². The van der Waals surface area contributed by atoms with Gasteiger partial charge in [-0.25, -0.2) is 9.97 Å². The molecule has 0 unspecified atom stereocenters. The van der Waals surface area contributed by atoms with Crippen LogP contribution in [0.2, 0.25) is 0 Å². The fraction of sp³-hybridized carbons (Fsp3) is 0.500. The lowest BCUT2D eigenvalue weighted by Crippen LogP contribution is -2.09. The largest absolute Gasteiger partial charge is 0.340 e. The summed E-state index contributed by atoms with van der Waals surface area (Å²) in [6, 6.07) is 4.07. The second-order valence-electron chi connectivity index (χ2n) is 4.69. The predicted octanol–water partition coefficient (Wildman–Crippen LogP) is 1.59. The van der Waals surface area contributed by atoms with E-state index in [0.29, 0.717) is 11.8 Å². The van der Waals surface area contributed by atoms with Crippen molar-refractivity contribution in [2.24, 2.45) is 5.92 Å². The minimum Gasteiger partial charge on any atom is -0.340 e. The van der Waals surface area contributed by atoms with Crippen LogP contribution in [0, 0.1) is 12.8 Å². The summed E-state index contributed by atoms with van der Waals surface area (Å²) in [4.78, 5) is 12.4. The van der Waals surface area contributed by atoms with E-state index in [-0.39, 0.29) is 0 Å². The third-order valence-corrected chi connectivity index (χ3v) is 3.37. The monoisotopic (exact) mass is 216 g/mol. The molecule has 1 aliphatic heterocycles. The van der Waals surface area contributed by atoms with E-state index in [0.717, 1.165) is 35.8 Å². The molecular formula is C12H16N4. The van der Waals surface area contributed by atoms with Gasteiger partial charge in [-0.05, 0) is 31.5 Å². The zero-order valence-corrected chi connectivity index (χ0v) is 9.62. The standard InChI is InChI=1S/C12H16N4/c1-7-5-13-6-9(7)11-15-10-4-3-8(2)14-12(10)16-11/h3-4,7,9,13H,5-6H2,1-2H3,(H,14,15,16)/t7-,9-/m1/s1. The molecule has 4 heteroatoms. The van der Waals surface area contributed by atoms with E-state index in [2.05, 4.69) is 33.3 Å². The molecule has 2 N–H and O–H groups in total. The fourth-order valence-corrected chi connectivity index (χ4v) is 2.36. The van der Waals surface area contributed by atoms with E-state index in [4.69, 9.17) is 0 Å². The highest BCUT2D eigenvalue weighted by atomic mass is 15.0. The quantitative estimate of drug-likeness (QED) is 0.761. The van der Waals surface area contributed by atoms with Gasteiger partial charge in [0, 0.05) is 18.2 Å². The number of aromatic nitrogens is 3. The molecule has 1 saturated heterocycles. The Labute approximate surface area is 94.5 Å². The summed E-state index contributed by atoms with van der Waals surface area (Å²) in [6.07, 6.45) is 0. The minimum atomic E-state index is 0.495. The molecule has 2 aromatic rings. The number of aromatic amines is 1. The molecular weight excluding hydrogens is 200 g/mol. The van der Waals surface area contributed by atoms with E-state index < -0.39 is 0 Å². The topological polar surface area (TPSA) is 53.6 Å². The zero-order chi connectivity index (χ0) is 11.1. The number of pyridine rings is 1. The summed E-state index contributed by atoms with van der Waals surface area (Å²) in [5.74, 6) is 2.21. The summed E-state index contributed by atoms with van der Waals surface area (Å²) in [5.41, 5.74) is 2.90. The molecule has 0 aromatic carbocycles. The van der Waals surface area contributed by atoms with E-state index >= 15 is 0 Å². The summed E-state index contributed by atoms with van der Waals surface area (Å²) < 4.78 is 0. The van der Waals surface area contributed by atoms with Gasteiger partial charge in [-0.2, -0.15) is 0 Å². The lowest BCUT2D eigenvalue weighted by atomic mass is 9.98. The maximum absolute atomic E-state index is 4.60. The number of H-pyrrole nitrogens is 1. The number of nitrogens with zero attached hydrogens (tertiary/aromatic N) is 2. The second-order valence-corrected chi connectivity index (χ2v) is 4.69. The smallest absolute Gasteiger partial charge is 0.177 e. The molecule has 0 amide bonds. The number of nitrogens with one attached hydrogen (secondary N) is 2. The second kappa shape index (κ2) is 3.56. The SMILES string of the molecule is Cc1ccc2[nH]c([C@@H]3CNC[C@H]3C)nc2n1. The molecule has 0 saturated carbocycles. The Kier molecular flexibility index (Phi) is 2.17. The maximum Gasteiger partial charge on any atom is 0.177 e. The van der Waals surface area contributed by atoms with Gasteiger partial charge in [-0.15, -0.1) is 0 Å². The average molecular weight is 216 g/mol. The van der Waals surface area contributed by atoms with E-state index in [1.807, 2.05) is 13.0 Å². The Bertz CT molecular complexity index is 517. The van der Waals surface area contributed by atoms with Crippen molar-refractivity contribution in [3.05, 3.63) is 23.7 Å². The zero-order valence-electron chi connectivity index (χ0n) is 9.62. The third kappa shape index (κ3) is 1.50. The Morgan fingerprint density at radius 1 is 1.25 bits per heavy atom. The van der Waals surface area contributed by atoms with E-state index in [1.54, 1.807) is 0 Å². The molecule has 0 radical (unpaired) electrons. The van der Waals surface area contributed by atoms with Crippen molar-refractivity contribution in [1.29, 1.82) is 0 Å². The molecule has 16 heavy (non-hydrogen) atoms. The van der Waals surface area contributed by atoms with Crippen molar-refractivity contribution in [2.45, 2.75) is 19.8 Å². The van der Waals surface area contributed by atoms with Crippen molar-refractivity contribution in [3.8, 4) is 0 Å². The predicted molar refractivity (Wildman–Crippen MR) is 63.4 cm³/mol. The van der Waals surface area contributed by atoms with Crippen LogP contribution in [0.25, 0.3) is 11.2 Å². The molecule has 0 bridgehead atoms. The molecule has 2 atom stereocenters. The van der Waals surface area contributed by atoms with Crippen LogP contribution in [0.4, 0.5) is 0 Å². The first kappa shape index (κ1) is 9.78. The normalized spacial score (nSPS) is 25.4. The third-order valence-electron chi connectivity index (χ3n) is 3.37. The molecule has 1 aliphatic rings. The fourth-order valence-electron chi connectivity index (χ4n) is 2.36. The summed E-state index contributed by atoms with van der Waals surface area (Å²) >= 11 is 0. The van der Waals surface area contributed by atoms with Crippen LogP contribution in [0.15, 0.2) is 12.1 Å². The Hall–Kier alpha value is -1.42. The lowest BCUT2D eigenvalue weighted by molar-refractivity contribution is 0.551. The Morgan fingerprint density at radius 3 is 2.88 bits per heavy atom. The first-order valence-corrected chi connectivity index (χ1v) is 5.78. The minimum absolute atomic E-state index is 0.495. The number of rotatable bonds is 1. The number of hydrogen-bond donors (Lipinski definition) is 2. The van der Waals surface area contributed by atoms with Crippen LogP contribution >= 0.6 is 0 Å². The van der Waals surface area contributed by atoms with Crippen LogP contribution in [0.3, 0.4) is 0 Å². The van der Waals surface area contributed by atoms with Gasteiger partial charge in [0.25, 0.3) is 0 Å². The van der Waals surface area contributed by atoms with Gasteiger partial charge in [0.1, 0.15) is 5.82 Å². The van der Waals surface area contributed by atoms with Crippen LogP contribution in [0.5, 0.6) is 0 Å². The van der Waals surface area contributed by atoms with E-state index in [9.17, 15) is 0 Å². The summed E-state index contributed by atoms with van der Waals surface area (Å²) in [5, 5.41) is 3.40.